The number of methoxy groups -OCH3 is 1. The van der Waals surface area contributed by atoms with Gasteiger partial charge in [0, 0.05) is 12.6 Å². The van der Waals surface area contributed by atoms with Crippen molar-refractivity contribution >= 4 is 27.5 Å². The molecule has 0 saturated heterocycles. The fourth-order valence-electron chi connectivity index (χ4n) is 5.27. The third kappa shape index (κ3) is 7.70. The Hall–Kier alpha value is -3.85. The molecule has 1 aliphatic carbocycles. The molecule has 1 aliphatic rings. The van der Waals surface area contributed by atoms with E-state index in [-0.39, 0.29) is 23.4 Å². The van der Waals surface area contributed by atoms with Crippen molar-refractivity contribution in [1.29, 1.82) is 0 Å². The van der Waals surface area contributed by atoms with E-state index in [0.717, 1.165) is 54.0 Å². The fraction of sp³-hybridized carbons (Fsp3) is 0.394. The van der Waals surface area contributed by atoms with E-state index in [1.165, 1.54) is 17.0 Å². The summed E-state index contributed by atoms with van der Waals surface area (Å²) in [6, 6.07) is 21.8. The number of anilines is 1. The zero-order chi connectivity index (χ0) is 30.1. The third-order valence-electron chi connectivity index (χ3n) is 7.85. The summed E-state index contributed by atoms with van der Waals surface area (Å²) in [5.41, 5.74) is 2.20. The molecule has 1 atom stereocenters. The minimum atomic E-state index is -4.09. The van der Waals surface area contributed by atoms with Gasteiger partial charge < -0.3 is 15.0 Å². The van der Waals surface area contributed by atoms with Crippen LogP contribution in [0.2, 0.25) is 0 Å². The number of aryl methyl sites for hydroxylation is 1. The summed E-state index contributed by atoms with van der Waals surface area (Å²) in [7, 11) is -2.52. The molecule has 0 bridgehead atoms. The van der Waals surface area contributed by atoms with Gasteiger partial charge in [-0.25, -0.2) is 8.42 Å². The van der Waals surface area contributed by atoms with Crippen molar-refractivity contribution in [3.8, 4) is 5.75 Å². The smallest absolute Gasteiger partial charge is 0.264 e. The van der Waals surface area contributed by atoms with E-state index in [9.17, 15) is 18.0 Å². The Morgan fingerprint density at radius 1 is 0.929 bits per heavy atom. The lowest BCUT2D eigenvalue weighted by Crippen LogP contribution is -2.53. The highest BCUT2D eigenvalue weighted by Gasteiger charge is 2.33. The van der Waals surface area contributed by atoms with Gasteiger partial charge in [-0.3, -0.25) is 13.9 Å². The number of benzene rings is 3. The zero-order valence-corrected chi connectivity index (χ0v) is 25.5. The number of hydrogen-bond acceptors (Lipinski definition) is 5. The van der Waals surface area contributed by atoms with E-state index in [1.807, 2.05) is 43.3 Å². The summed E-state index contributed by atoms with van der Waals surface area (Å²) in [6.07, 6.45) is 5.92. The van der Waals surface area contributed by atoms with E-state index in [1.54, 1.807) is 44.4 Å². The number of nitrogens with one attached hydrogen (secondary N) is 1. The van der Waals surface area contributed by atoms with Crippen LogP contribution in [0.25, 0.3) is 0 Å². The van der Waals surface area contributed by atoms with Crippen LogP contribution in [0.1, 0.15) is 57.1 Å². The summed E-state index contributed by atoms with van der Waals surface area (Å²) < 4.78 is 34.3. The molecule has 1 fully saturated rings. The standard InChI is InChI=1S/C33H41N3O5S/c1-4-26-18-20-29(21-19-26)36(42(39,40)31-16-9-6-10-17-31)24-32(37)35(23-27-12-11-15-30(22-27)41-3)25(2)33(38)34-28-13-7-5-8-14-28/h6,9-12,15-22,25,28H,4-5,7-8,13-14,23-24H2,1-3H3,(H,34,38). The highest BCUT2D eigenvalue weighted by atomic mass is 32.2. The molecule has 4 rings (SSSR count). The van der Waals surface area contributed by atoms with Crippen molar-refractivity contribution in [2.24, 2.45) is 0 Å². The summed E-state index contributed by atoms with van der Waals surface area (Å²) in [6.45, 7) is 3.37. The van der Waals surface area contributed by atoms with Gasteiger partial charge in [0.05, 0.1) is 17.7 Å². The first-order valence-corrected chi connectivity index (χ1v) is 16.1. The Morgan fingerprint density at radius 3 is 2.26 bits per heavy atom. The van der Waals surface area contributed by atoms with Crippen LogP contribution in [0, 0.1) is 0 Å². The quantitative estimate of drug-likeness (QED) is 0.308. The van der Waals surface area contributed by atoms with Crippen molar-refractivity contribution in [3.05, 3.63) is 90.0 Å². The first-order valence-electron chi connectivity index (χ1n) is 14.6. The van der Waals surface area contributed by atoms with E-state index < -0.39 is 28.5 Å². The monoisotopic (exact) mass is 591 g/mol. The van der Waals surface area contributed by atoms with Crippen molar-refractivity contribution in [2.45, 2.75) is 75.9 Å². The topological polar surface area (TPSA) is 96.0 Å². The number of sulfonamides is 1. The zero-order valence-electron chi connectivity index (χ0n) is 24.7. The van der Waals surface area contributed by atoms with E-state index in [4.69, 9.17) is 4.74 Å². The maximum atomic E-state index is 14.1. The van der Waals surface area contributed by atoms with Crippen molar-refractivity contribution in [3.63, 3.8) is 0 Å². The molecule has 0 radical (unpaired) electrons. The van der Waals surface area contributed by atoms with Gasteiger partial charge in [0.1, 0.15) is 18.3 Å². The molecule has 3 aromatic rings. The molecule has 1 unspecified atom stereocenters. The lowest BCUT2D eigenvalue weighted by Gasteiger charge is -2.33. The number of amides is 2. The van der Waals surface area contributed by atoms with E-state index in [0.29, 0.717) is 11.4 Å². The van der Waals surface area contributed by atoms with Gasteiger partial charge in [-0.15, -0.1) is 0 Å². The van der Waals surface area contributed by atoms with Crippen LogP contribution in [-0.2, 0) is 32.6 Å². The molecule has 3 aromatic carbocycles. The molecule has 0 aromatic heterocycles. The van der Waals surface area contributed by atoms with Gasteiger partial charge in [0.2, 0.25) is 11.8 Å². The first kappa shape index (κ1) is 31.1. The second kappa shape index (κ2) is 14.4. The van der Waals surface area contributed by atoms with E-state index in [2.05, 4.69) is 5.32 Å². The fourth-order valence-corrected chi connectivity index (χ4v) is 6.70. The van der Waals surface area contributed by atoms with Gasteiger partial charge in [0.15, 0.2) is 0 Å². The summed E-state index contributed by atoms with van der Waals surface area (Å²) in [5.74, 6) is -0.102. The Balaban J connectivity index is 1.67. The van der Waals surface area contributed by atoms with Gasteiger partial charge in [-0.1, -0.05) is 68.7 Å². The molecule has 42 heavy (non-hydrogen) atoms. The predicted molar refractivity (Wildman–Crippen MR) is 165 cm³/mol. The average Bonchev–Trinajstić information content (AvgIpc) is 3.03. The Bertz CT molecular complexity index is 1440. The number of carbonyl (C=O) groups is 2. The lowest BCUT2D eigenvalue weighted by molar-refractivity contribution is -0.139. The van der Waals surface area contributed by atoms with Crippen LogP contribution in [0.5, 0.6) is 5.75 Å². The summed E-state index contributed by atoms with van der Waals surface area (Å²) in [4.78, 5) is 29.1. The van der Waals surface area contributed by atoms with Crippen LogP contribution >= 0.6 is 0 Å². The molecule has 8 nitrogen and oxygen atoms in total. The average molecular weight is 592 g/mol. The van der Waals surface area contributed by atoms with E-state index >= 15 is 0 Å². The summed E-state index contributed by atoms with van der Waals surface area (Å²) >= 11 is 0. The molecule has 0 aliphatic heterocycles. The van der Waals surface area contributed by atoms with Crippen LogP contribution in [-0.4, -0.2) is 50.9 Å². The Labute approximate surface area is 249 Å². The Kier molecular flexibility index (Phi) is 10.6. The summed E-state index contributed by atoms with van der Waals surface area (Å²) in [5, 5.41) is 3.13. The molecule has 1 N–H and O–H groups in total. The Morgan fingerprint density at radius 2 is 1.62 bits per heavy atom. The minimum absolute atomic E-state index is 0.0782. The maximum Gasteiger partial charge on any atom is 0.264 e. The number of hydrogen-bond donors (Lipinski definition) is 1. The molecular weight excluding hydrogens is 550 g/mol. The SMILES string of the molecule is CCc1ccc(N(CC(=O)N(Cc2cccc(OC)c2)C(C)C(=O)NC2CCCCC2)S(=O)(=O)c2ccccc2)cc1. The van der Waals surface area contributed by atoms with Gasteiger partial charge in [0.25, 0.3) is 10.0 Å². The minimum Gasteiger partial charge on any atom is -0.497 e. The first-order chi connectivity index (χ1) is 20.2. The van der Waals surface area contributed by atoms with Crippen LogP contribution in [0.4, 0.5) is 5.69 Å². The van der Waals surface area contributed by atoms with Crippen molar-refractivity contribution in [1.82, 2.24) is 10.2 Å². The third-order valence-corrected chi connectivity index (χ3v) is 9.64. The van der Waals surface area contributed by atoms with Gasteiger partial charge in [-0.05, 0) is 73.7 Å². The number of nitrogens with zero attached hydrogens (tertiary/aromatic N) is 2. The molecule has 224 valence electrons. The van der Waals surface area contributed by atoms with Crippen molar-refractivity contribution in [2.75, 3.05) is 18.0 Å². The lowest BCUT2D eigenvalue weighted by atomic mass is 9.95. The number of ether oxygens (including phenoxy) is 1. The molecule has 0 heterocycles. The molecule has 9 heteroatoms. The second-order valence-corrected chi connectivity index (χ2v) is 12.6. The van der Waals surface area contributed by atoms with Crippen LogP contribution in [0.15, 0.2) is 83.8 Å². The number of carbonyl (C=O) groups excluding carboxylic acids is 2. The predicted octanol–water partition coefficient (Wildman–Crippen LogP) is 5.32. The molecular formula is C33H41N3O5S. The highest BCUT2D eigenvalue weighted by molar-refractivity contribution is 7.92. The molecule has 1 saturated carbocycles. The van der Waals surface area contributed by atoms with Crippen LogP contribution < -0.4 is 14.4 Å². The normalized spacial score (nSPS) is 14.5. The maximum absolute atomic E-state index is 14.1. The van der Waals surface area contributed by atoms with Gasteiger partial charge in [-0.2, -0.15) is 0 Å². The van der Waals surface area contributed by atoms with Crippen LogP contribution in [0.3, 0.4) is 0 Å². The van der Waals surface area contributed by atoms with Gasteiger partial charge >= 0.3 is 0 Å². The second-order valence-electron chi connectivity index (χ2n) is 10.7. The molecule has 2 amide bonds. The van der Waals surface area contributed by atoms with Crippen molar-refractivity contribution < 1.29 is 22.7 Å². The largest absolute Gasteiger partial charge is 0.497 e. The number of rotatable bonds is 12. The molecule has 0 spiro atoms. The highest BCUT2D eigenvalue weighted by Crippen LogP contribution is 2.26.